The predicted octanol–water partition coefficient (Wildman–Crippen LogP) is 17.1. The van der Waals surface area contributed by atoms with Gasteiger partial charge < -0.3 is 89.9 Å². The zero-order chi connectivity index (χ0) is 82.4. The smallest absolute Gasteiger partial charge is 0.220 e. The van der Waals surface area contributed by atoms with E-state index in [2.05, 4.69) is 165 Å². The van der Waals surface area contributed by atoms with Crippen LogP contribution < -0.4 is 5.32 Å². The molecule has 3 rings (SSSR count). The van der Waals surface area contributed by atoms with Crippen LogP contribution in [0.25, 0.3) is 0 Å². The van der Waals surface area contributed by atoms with Crippen LogP contribution in [0.5, 0.6) is 0 Å². The van der Waals surface area contributed by atoms with E-state index in [-0.39, 0.29) is 18.9 Å². The number of aliphatic hydroxyl groups is 11. The Morgan fingerprint density at radius 2 is 0.605 bits per heavy atom. The second-order valence-corrected chi connectivity index (χ2v) is 31.0. The molecule has 3 fully saturated rings. The lowest BCUT2D eigenvalue weighted by atomic mass is 9.96. The van der Waals surface area contributed by atoms with Gasteiger partial charge in [-0.25, -0.2) is 0 Å². The lowest BCUT2D eigenvalue weighted by molar-refractivity contribution is -0.379. The first-order valence-corrected chi connectivity index (χ1v) is 44.7. The van der Waals surface area contributed by atoms with Gasteiger partial charge in [-0.15, -0.1) is 0 Å². The number of nitrogens with one attached hydrogen (secondary N) is 1. The highest BCUT2D eigenvalue weighted by molar-refractivity contribution is 5.76. The number of rotatable bonds is 70. The van der Waals surface area contributed by atoms with Gasteiger partial charge in [-0.3, -0.25) is 4.79 Å². The number of aliphatic hydroxyl groups excluding tert-OH is 11. The van der Waals surface area contributed by atoms with E-state index in [9.17, 15) is 61.0 Å². The second-order valence-electron chi connectivity index (χ2n) is 31.0. The van der Waals surface area contributed by atoms with Crippen LogP contribution in [0.1, 0.15) is 303 Å². The predicted molar refractivity (Wildman–Crippen MR) is 461 cm³/mol. The third-order valence-corrected chi connectivity index (χ3v) is 21.1. The van der Waals surface area contributed by atoms with Crippen LogP contribution in [0, 0.1) is 0 Å². The maximum Gasteiger partial charge on any atom is 0.220 e. The minimum atomic E-state index is -1.99. The Hall–Kier alpha value is -4.59. The Morgan fingerprint density at radius 1 is 0.325 bits per heavy atom. The molecule has 114 heavy (non-hydrogen) atoms. The number of hydrogen-bond acceptors (Lipinski definition) is 18. The lowest BCUT2D eigenvalue weighted by Crippen LogP contribution is -2.66. The maximum atomic E-state index is 13.5. The summed E-state index contributed by atoms with van der Waals surface area (Å²) in [7, 11) is 0. The van der Waals surface area contributed by atoms with E-state index in [4.69, 9.17) is 28.4 Å². The standard InChI is InChI=1S/C95H159NO18/c1-3-5-7-9-11-13-15-17-19-21-23-25-27-29-31-33-35-36-37-38-39-40-41-42-43-45-47-49-51-53-55-57-59-61-63-65-67-69-71-73-83(101)96-78(79(100)72-70-68-66-64-62-60-58-56-54-52-50-48-46-44-34-32-30-28-26-24-22-20-18-16-14-12-10-8-6-4-2)77-109-93-89(107)86(104)91(81(75-98)111-93)114-95-90(108)87(105)92(82(76-99)112-95)113-94-88(106)85(103)84(102)80(74-97)110-94/h5,7,11,13,17,19,23,25,29,31,35-36,38-39,41-42,45,47,51,53,57,59,63,65,70,72,78-82,84-95,97-100,102-108H,3-4,6,8-10,12,14-16,18,20-22,24,26-28,30,32-34,37,40,43-44,46,48-50,52,54-56,58,60-62,64,66-69,71,73-77H2,1-2H3,(H,96,101)/b7-5-,13-11-,19-17-,25-23-,31-29-,36-35-,39-38-,42-41-,47-45-,53-51-,59-57-,65-63-,72-70+. The molecule has 3 aliphatic heterocycles. The molecule has 3 saturated heterocycles. The Labute approximate surface area is 688 Å². The monoisotopic (exact) mass is 1600 g/mol. The highest BCUT2D eigenvalue weighted by Gasteiger charge is 2.54. The highest BCUT2D eigenvalue weighted by Crippen LogP contribution is 2.33. The van der Waals surface area contributed by atoms with Crippen molar-refractivity contribution in [3.05, 3.63) is 158 Å². The summed E-state index contributed by atoms with van der Waals surface area (Å²) in [5.74, 6) is -0.321. The summed E-state index contributed by atoms with van der Waals surface area (Å²) in [6.07, 6.45) is 81.0. The first-order valence-electron chi connectivity index (χ1n) is 44.7. The van der Waals surface area contributed by atoms with Crippen LogP contribution in [0.4, 0.5) is 0 Å². The Bertz CT molecular complexity index is 2680. The van der Waals surface area contributed by atoms with Gasteiger partial charge in [0, 0.05) is 6.42 Å². The Balaban J connectivity index is 1.37. The van der Waals surface area contributed by atoms with E-state index in [1.54, 1.807) is 6.08 Å². The van der Waals surface area contributed by atoms with E-state index in [0.717, 1.165) is 116 Å². The van der Waals surface area contributed by atoms with Gasteiger partial charge >= 0.3 is 0 Å². The van der Waals surface area contributed by atoms with Crippen LogP contribution in [-0.2, 0) is 33.2 Å². The molecular formula is C95H159NO18. The van der Waals surface area contributed by atoms with Crippen molar-refractivity contribution in [2.75, 3.05) is 26.4 Å². The third-order valence-electron chi connectivity index (χ3n) is 21.1. The molecule has 0 aliphatic carbocycles. The molecule has 3 heterocycles. The maximum absolute atomic E-state index is 13.5. The average molecular weight is 1600 g/mol. The molecule has 0 radical (unpaired) electrons. The molecule has 0 aromatic rings. The Kier molecular flexibility index (Phi) is 65.8. The summed E-state index contributed by atoms with van der Waals surface area (Å²) in [6.45, 7) is 1.61. The first-order chi connectivity index (χ1) is 55.8. The molecule has 0 spiro atoms. The van der Waals surface area contributed by atoms with Crippen LogP contribution >= 0.6 is 0 Å². The number of ether oxygens (including phenoxy) is 6. The second kappa shape index (κ2) is 72.4. The minimum absolute atomic E-state index is 0.178. The molecule has 3 aliphatic rings. The lowest BCUT2D eigenvalue weighted by Gasteiger charge is -2.48. The highest BCUT2D eigenvalue weighted by atomic mass is 16.8. The van der Waals surface area contributed by atoms with E-state index in [0.29, 0.717) is 6.42 Å². The molecule has 19 nitrogen and oxygen atoms in total. The molecule has 17 unspecified atom stereocenters. The number of amides is 1. The van der Waals surface area contributed by atoms with Crippen LogP contribution in [0.15, 0.2) is 158 Å². The van der Waals surface area contributed by atoms with Crippen molar-refractivity contribution in [2.24, 2.45) is 0 Å². The fourth-order valence-electron chi connectivity index (χ4n) is 14.0. The van der Waals surface area contributed by atoms with Gasteiger partial charge in [0.2, 0.25) is 5.91 Å². The zero-order valence-electron chi connectivity index (χ0n) is 70.3. The molecular weight excluding hydrogens is 1440 g/mol. The van der Waals surface area contributed by atoms with Crippen molar-refractivity contribution in [1.29, 1.82) is 0 Å². The van der Waals surface area contributed by atoms with Crippen LogP contribution in [-0.4, -0.2) is 193 Å². The van der Waals surface area contributed by atoms with Gasteiger partial charge in [-0.05, 0) is 109 Å². The topological polar surface area (TPSA) is 307 Å². The van der Waals surface area contributed by atoms with Gasteiger partial charge in [-0.1, -0.05) is 345 Å². The number of carbonyl (C=O) groups is 1. The molecule has 19 heteroatoms. The summed E-state index contributed by atoms with van der Waals surface area (Å²) in [5, 5.41) is 121. The molecule has 0 aromatic carbocycles. The quantitative estimate of drug-likeness (QED) is 0.0199. The van der Waals surface area contributed by atoms with Gasteiger partial charge in [-0.2, -0.15) is 0 Å². The van der Waals surface area contributed by atoms with Crippen molar-refractivity contribution < 1.29 is 89.4 Å². The van der Waals surface area contributed by atoms with Gasteiger partial charge in [0.1, 0.15) is 73.2 Å². The molecule has 0 saturated carbocycles. The van der Waals surface area contributed by atoms with E-state index < -0.39 is 124 Å². The number of allylic oxidation sites excluding steroid dienone is 25. The van der Waals surface area contributed by atoms with Crippen molar-refractivity contribution in [3.8, 4) is 0 Å². The largest absolute Gasteiger partial charge is 0.394 e. The molecule has 652 valence electrons. The summed E-state index contributed by atoms with van der Waals surface area (Å²) in [5.41, 5.74) is 0. The van der Waals surface area contributed by atoms with Crippen LogP contribution in [0.3, 0.4) is 0 Å². The normalized spacial score (nSPS) is 25.5. The summed E-state index contributed by atoms with van der Waals surface area (Å²) in [6, 6.07) is -1.01. The fourth-order valence-corrected chi connectivity index (χ4v) is 14.0. The SMILES string of the molecule is CC/C=C\C/C=C\C/C=C\C/C=C\C/C=C\C/C=C\C/C=C\C/C=C\C/C=C\C/C=C\C/C=C\C/C=C\CCCCC(=O)NC(COC1OC(CO)C(OC2OC(CO)C(OC3OC(CO)C(O)C(O)C3O)C(O)C2O)C(O)C1O)C(O)/C=C/CCCCCCCCCCCCCCCCCCCCCCCCCCCCCC. The van der Waals surface area contributed by atoms with Crippen molar-refractivity contribution in [1.82, 2.24) is 5.32 Å². The molecule has 0 aromatic heterocycles. The molecule has 1 amide bonds. The number of unbranched alkanes of at least 4 members (excludes halogenated alkanes) is 30. The third kappa shape index (κ3) is 50.4. The number of carbonyl (C=O) groups excluding carboxylic acids is 1. The number of hydrogen-bond donors (Lipinski definition) is 12. The summed E-state index contributed by atoms with van der Waals surface area (Å²) >= 11 is 0. The minimum Gasteiger partial charge on any atom is -0.394 e. The molecule has 17 atom stereocenters. The van der Waals surface area contributed by atoms with E-state index >= 15 is 0 Å². The molecule has 0 bridgehead atoms. The Morgan fingerprint density at radius 3 is 0.947 bits per heavy atom. The van der Waals surface area contributed by atoms with Crippen molar-refractivity contribution >= 4 is 5.91 Å². The van der Waals surface area contributed by atoms with Crippen molar-refractivity contribution in [2.45, 2.75) is 407 Å². The van der Waals surface area contributed by atoms with Gasteiger partial charge in [0.05, 0.1) is 38.6 Å². The molecule has 12 N–H and O–H groups in total. The first kappa shape index (κ1) is 104. The average Bonchev–Trinajstić information content (AvgIpc) is 0.783. The van der Waals surface area contributed by atoms with E-state index in [1.807, 2.05) is 6.08 Å². The van der Waals surface area contributed by atoms with E-state index in [1.165, 1.54) is 161 Å². The van der Waals surface area contributed by atoms with Crippen LogP contribution in [0.2, 0.25) is 0 Å². The fraction of sp³-hybridized carbons (Fsp3) is 0.716. The van der Waals surface area contributed by atoms with Gasteiger partial charge in [0.25, 0.3) is 0 Å². The summed E-state index contributed by atoms with van der Waals surface area (Å²) < 4.78 is 34.5. The van der Waals surface area contributed by atoms with Crippen molar-refractivity contribution in [3.63, 3.8) is 0 Å². The zero-order valence-corrected chi connectivity index (χ0v) is 70.3. The summed E-state index contributed by atoms with van der Waals surface area (Å²) in [4.78, 5) is 13.5. The van der Waals surface area contributed by atoms with Gasteiger partial charge in [0.15, 0.2) is 18.9 Å².